The average molecular weight is 277 g/mol. The first kappa shape index (κ1) is 14.7. The van der Waals surface area contributed by atoms with Crippen LogP contribution in [0.4, 0.5) is 11.4 Å². The van der Waals surface area contributed by atoms with Crippen molar-refractivity contribution < 1.29 is 9.53 Å². The van der Waals surface area contributed by atoms with Crippen LogP contribution in [0.2, 0.25) is 0 Å². The van der Waals surface area contributed by atoms with Gasteiger partial charge >= 0.3 is 0 Å². The third-order valence-corrected chi connectivity index (χ3v) is 3.52. The lowest BCUT2D eigenvalue weighted by atomic mass is 10.1. The number of carbonyl (C=O) groups excluding carboxylic acids is 1. The van der Waals surface area contributed by atoms with Crippen molar-refractivity contribution in [1.29, 1.82) is 0 Å². The average Bonchev–Trinajstić information content (AvgIpc) is 2.97. The minimum absolute atomic E-state index is 0.0599. The Morgan fingerprint density at radius 2 is 2.15 bits per heavy atom. The molecule has 0 spiro atoms. The van der Waals surface area contributed by atoms with Gasteiger partial charge in [0.1, 0.15) is 0 Å². The standard InChI is InChI=1S/C15H23N3O2/c1-20-10-4-7-17-15(19)13-11-12(16)5-6-14(13)18-8-2-3-9-18/h5-6,11H,2-4,7-10,16H2,1H3,(H,17,19). The zero-order valence-corrected chi connectivity index (χ0v) is 12.0. The first-order valence-electron chi connectivity index (χ1n) is 7.14. The van der Waals surface area contributed by atoms with Crippen LogP contribution in [0.15, 0.2) is 18.2 Å². The minimum Gasteiger partial charge on any atom is -0.399 e. The number of amides is 1. The van der Waals surface area contributed by atoms with Gasteiger partial charge in [-0.25, -0.2) is 0 Å². The zero-order chi connectivity index (χ0) is 14.4. The second-order valence-electron chi connectivity index (χ2n) is 5.07. The van der Waals surface area contributed by atoms with Crippen LogP contribution in [0.1, 0.15) is 29.6 Å². The fourth-order valence-corrected chi connectivity index (χ4v) is 2.48. The quantitative estimate of drug-likeness (QED) is 0.612. The van der Waals surface area contributed by atoms with Gasteiger partial charge in [0.05, 0.1) is 5.56 Å². The highest BCUT2D eigenvalue weighted by atomic mass is 16.5. The summed E-state index contributed by atoms with van der Waals surface area (Å²) >= 11 is 0. The molecule has 1 fully saturated rings. The summed E-state index contributed by atoms with van der Waals surface area (Å²) in [6.45, 7) is 3.28. The van der Waals surface area contributed by atoms with E-state index < -0.39 is 0 Å². The maximum absolute atomic E-state index is 12.3. The molecule has 1 aliphatic heterocycles. The van der Waals surface area contributed by atoms with Crippen LogP contribution < -0.4 is 16.0 Å². The van der Waals surface area contributed by atoms with E-state index >= 15 is 0 Å². The number of anilines is 2. The molecule has 0 aliphatic carbocycles. The number of hydrogen-bond acceptors (Lipinski definition) is 4. The molecule has 0 aromatic heterocycles. The molecule has 20 heavy (non-hydrogen) atoms. The monoisotopic (exact) mass is 277 g/mol. The Morgan fingerprint density at radius 3 is 2.85 bits per heavy atom. The summed E-state index contributed by atoms with van der Waals surface area (Å²) in [6, 6.07) is 5.57. The molecule has 0 radical (unpaired) electrons. The van der Waals surface area contributed by atoms with Crippen LogP contribution in [0.5, 0.6) is 0 Å². The highest BCUT2D eigenvalue weighted by molar-refractivity contribution is 6.00. The molecular weight excluding hydrogens is 254 g/mol. The van der Waals surface area contributed by atoms with Crippen LogP contribution in [-0.4, -0.2) is 39.3 Å². The van der Waals surface area contributed by atoms with E-state index in [1.807, 2.05) is 12.1 Å². The number of rotatable bonds is 6. The summed E-state index contributed by atoms with van der Waals surface area (Å²) in [7, 11) is 1.66. The number of nitrogens with two attached hydrogens (primary N) is 1. The van der Waals surface area contributed by atoms with E-state index in [-0.39, 0.29) is 5.91 Å². The Hall–Kier alpha value is -1.75. The molecule has 5 nitrogen and oxygen atoms in total. The van der Waals surface area contributed by atoms with E-state index in [0.29, 0.717) is 24.4 Å². The lowest BCUT2D eigenvalue weighted by Gasteiger charge is -2.21. The zero-order valence-electron chi connectivity index (χ0n) is 12.0. The number of methoxy groups -OCH3 is 1. The Morgan fingerprint density at radius 1 is 1.40 bits per heavy atom. The summed E-state index contributed by atoms with van der Waals surface area (Å²) < 4.78 is 4.97. The van der Waals surface area contributed by atoms with Crippen molar-refractivity contribution in [3.05, 3.63) is 23.8 Å². The van der Waals surface area contributed by atoms with Gasteiger partial charge in [0.25, 0.3) is 5.91 Å². The van der Waals surface area contributed by atoms with Crippen molar-refractivity contribution in [2.24, 2.45) is 0 Å². The molecule has 0 unspecified atom stereocenters. The number of nitrogens with one attached hydrogen (secondary N) is 1. The fourth-order valence-electron chi connectivity index (χ4n) is 2.48. The smallest absolute Gasteiger partial charge is 0.253 e. The topological polar surface area (TPSA) is 67.6 Å². The van der Waals surface area contributed by atoms with Gasteiger partial charge in [0.2, 0.25) is 0 Å². The number of hydrogen-bond donors (Lipinski definition) is 2. The summed E-state index contributed by atoms with van der Waals surface area (Å²) in [6.07, 6.45) is 3.17. The summed E-state index contributed by atoms with van der Waals surface area (Å²) in [5, 5.41) is 2.92. The maximum atomic E-state index is 12.3. The van der Waals surface area contributed by atoms with Gasteiger partial charge in [-0.1, -0.05) is 0 Å². The van der Waals surface area contributed by atoms with Crippen LogP contribution in [0.25, 0.3) is 0 Å². The lowest BCUT2D eigenvalue weighted by Crippen LogP contribution is -2.28. The highest BCUT2D eigenvalue weighted by Crippen LogP contribution is 2.26. The molecule has 1 aromatic carbocycles. The summed E-state index contributed by atoms with van der Waals surface area (Å²) in [5.74, 6) is -0.0599. The molecule has 110 valence electrons. The highest BCUT2D eigenvalue weighted by Gasteiger charge is 2.19. The van der Waals surface area contributed by atoms with Crippen LogP contribution in [0.3, 0.4) is 0 Å². The normalized spacial score (nSPS) is 14.6. The van der Waals surface area contributed by atoms with Crippen LogP contribution in [-0.2, 0) is 4.74 Å². The lowest BCUT2D eigenvalue weighted by molar-refractivity contribution is 0.0949. The van der Waals surface area contributed by atoms with Gasteiger partial charge in [0.15, 0.2) is 0 Å². The Labute approximate surface area is 120 Å². The summed E-state index contributed by atoms with van der Waals surface area (Å²) in [4.78, 5) is 14.6. The second kappa shape index (κ2) is 7.14. The molecule has 1 amide bonds. The van der Waals surface area contributed by atoms with E-state index in [9.17, 15) is 4.79 Å². The maximum Gasteiger partial charge on any atom is 0.253 e. The fraction of sp³-hybridized carbons (Fsp3) is 0.533. The van der Waals surface area contributed by atoms with Crippen molar-refractivity contribution >= 4 is 17.3 Å². The van der Waals surface area contributed by atoms with Crippen molar-refractivity contribution in [2.45, 2.75) is 19.3 Å². The van der Waals surface area contributed by atoms with Crippen LogP contribution in [0, 0.1) is 0 Å². The molecule has 0 atom stereocenters. The van der Waals surface area contributed by atoms with E-state index in [2.05, 4.69) is 10.2 Å². The van der Waals surface area contributed by atoms with E-state index in [4.69, 9.17) is 10.5 Å². The van der Waals surface area contributed by atoms with Gasteiger partial charge in [0, 0.05) is 44.7 Å². The van der Waals surface area contributed by atoms with Gasteiger partial charge in [-0.3, -0.25) is 4.79 Å². The second-order valence-corrected chi connectivity index (χ2v) is 5.07. The molecule has 0 bridgehead atoms. The minimum atomic E-state index is -0.0599. The number of ether oxygens (including phenoxy) is 1. The first-order valence-corrected chi connectivity index (χ1v) is 7.14. The number of carbonyl (C=O) groups is 1. The molecule has 1 heterocycles. The van der Waals surface area contributed by atoms with Crippen molar-refractivity contribution in [3.8, 4) is 0 Å². The van der Waals surface area contributed by atoms with Gasteiger partial charge in [-0.15, -0.1) is 0 Å². The predicted octanol–water partition coefficient (Wildman–Crippen LogP) is 1.64. The van der Waals surface area contributed by atoms with Crippen molar-refractivity contribution in [3.63, 3.8) is 0 Å². The molecule has 2 rings (SSSR count). The van der Waals surface area contributed by atoms with Crippen molar-refractivity contribution in [2.75, 3.05) is 44.0 Å². The number of nitrogens with zero attached hydrogens (tertiary/aromatic N) is 1. The van der Waals surface area contributed by atoms with Crippen LogP contribution >= 0.6 is 0 Å². The van der Waals surface area contributed by atoms with Crippen molar-refractivity contribution in [1.82, 2.24) is 5.32 Å². The summed E-state index contributed by atoms with van der Waals surface area (Å²) in [5.41, 5.74) is 8.10. The molecule has 3 N–H and O–H groups in total. The van der Waals surface area contributed by atoms with E-state index in [0.717, 1.165) is 25.2 Å². The number of benzene rings is 1. The Kier molecular flexibility index (Phi) is 5.24. The third-order valence-electron chi connectivity index (χ3n) is 3.52. The SMILES string of the molecule is COCCCNC(=O)c1cc(N)ccc1N1CCCC1. The molecular formula is C15H23N3O2. The van der Waals surface area contributed by atoms with Gasteiger partial charge in [-0.05, 0) is 37.5 Å². The Balaban J connectivity index is 2.08. The predicted molar refractivity (Wildman–Crippen MR) is 81.1 cm³/mol. The van der Waals surface area contributed by atoms with E-state index in [1.165, 1.54) is 12.8 Å². The number of nitrogen functional groups attached to an aromatic ring is 1. The molecule has 1 saturated heterocycles. The Bertz CT molecular complexity index is 456. The molecule has 1 aliphatic rings. The van der Waals surface area contributed by atoms with Gasteiger partial charge in [-0.2, -0.15) is 0 Å². The molecule has 0 saturated carbocycles. The largest absolute Gasteiger partial charge is 0.399 e. The first-order chi connectivity index (χ1) is 9.72. The van der Waals surface area contributed by atoms with Gasteiger partial charge < -0.3 is 20.7 Å². The van der Waals surface area contributed by atoms with E-state index in [1.54, 1.807) is 13.2 Å². The third kappa shape index (κ3) is 3.63. The molecule has 1 aromatic rings. The molecule has 5 heteroatoms.